The molecule has 1 amide bonds. The second-order valence-electron chi connectivity index (χ2n) is 6.18. The minimum absolute atomic E-state index is 0.0208. The van der Waals surface area contributed by atoms with Crippen molar-refractivity contribution in [1.82, 2.24) is 4.90 Å². The van der Waals surface area contributed by atoms with E-state index in [1.807, 2.05) is 23.7 Å². The summed E-state index contributed by atoms with van der Waals surface area (Å²) in [4.78, 5) is 15.3. The van der Waals surface area contributed by atoms with Crippen molar-refractivity contribution in [3.63, 3.8) is 0 Å². The minimum atomic E-state index is -4.45. The predicted octanol–water partition coefficient (Wildman–Crippen LogP) is 4.29. The molecule has 0 saturated carbocycles. The third-order valence-corrected chi connectivity index (χ3v) is 4.66. The number of benzene rings is 1. The van der Waals surface area contributed by atoms with Crippen molar-refractivity contribution in [2.75, 3.05) is 19.7 Å². The number of ether oxygens (including phenoxy) is 1. The first-order chi connectivity index (χ1) is 14.8. The molecular formula is C21H28F3N2O4S+. The molecule has 1 aliphatic heterocycles. The number of H-pyrrole nitrogens is 1. The molecule has 3 N–H and O–H groups in total. The van der Waals surface area contributed by atoms with Gasteiger partial charge >= 0.3 is 11.9 Å². The molecular weight excluding hydrogens is 433 g/mol. The van der Waals surface area contributed by atoms with Crippen LogP contribution in [0, 0.1) is 0 Å². The maximum absolute atomic E-state index is 12.1. The summed E-state index contributed by atoms with van der Waals surface area (Å²) in [7, 11) is 0. The van der Waals surface area contributed by atoms with Gasteiger partial charge in [0.05, 0.1) is 6.61 Å². The Balaban J connectivity index is 0.000000303. The smallest absolute Gasteiger partial charge is 0.478 e. The minimum Gasteiger partial charge on any atom is -0.484 e. The second-order valence-corrected chi connectivity index (χ2v) is 6.80. The monoisotopic (exact) mass is 461 g/mol. The van der Waals surface area contributed by atoms with E-state index in [2.05, 4.69) is 0 Å². The Labute approximate surface area is 184 Å². The summed E-state index contributed by atoms with van der Waals surface area (Å²) in [5.74, 6) is 0.712. The summed E-state index contributed by atoms with van der Waals surface area (Å²) in [6.45, 7) is 5.82. The van der Waals surface area contributed by atoms with Crippen LogP contribution in [0.3, 0.4) is 0 Å². The molecule has 1 saturated heterocycles. The number of rotatable bonds is 5. The number of halogens is 3. The highest BCUT2D eigenvalue weighted by Gasteiger charge is 2.41. The number of aliphatic hydroxyl groups excluding tert-OH is 1. The van der Waals surface area contributed by atoms with Crippen molar-refractivity contribution in [3.8, 4) is 5.75 Å². The first kappa shape index (κ1) is 26.7. The number of hydrogen-bond acceptors (Lipinski definition) is 5. The fraction of sp³-hybridized carbons (Fsp3) is 0.429. The quantitative estimate of drug-likeness (QED) is 0.649. The zero-order valence-electron chi connectivity index (χ0n) is 17.5. The van der Waals surface area contributed by atoms with E-state index in [-0.39, 0.29) is 36.1 Å². The zero-order chi connectivity index (χ0) is 23.3. The van der Waals surface area contributed by atoms with Crippen LogP contribution in [0.5, 0.6) is 5.75 Å². The third-order valence-electron chi connectivity index (χ3n) is 4.13. The standard InChI is InChI=1S/C13H17NO3.C6H4F3NOS.C2H6/c15-9-11-3-5-12(6-4-11)17-10-13(16)14-7-1-2-8-14;7-6(8,9)5-4(12-11)2-1-3-10-5;1-2/h3-6,15H,1-2,7-10H2;1-3,11H;1-2H3/p+1. The lowest BCUT2D eigenvalue weighted by molar-refractivity contribution is -0.429. The van der Waals surface area contributed by atoms with Gasteiger partial charge in [0.1, 0.15) is 10.6 Å². The van der Waals surface area contributed by atoms with Gasteiger partial charge in [-0.2, -0.15) is 13.2 Å². The number of nitrogens with one attached hydrogen (secondary N) is 1. The summed E-state index contributed by atoms with van der Waals surface area (Å²) in [5.41, 5.74) is -0.0966. The number of aromatic nitrogens is 1. The molecule has 0 unspecified atom stereocenters. The number of nitrogens with zero attached hydrogens (tertiary/aromatic N) is 1. The summed E-state index contributed by atoms with van der Waals surface area (Å²) in [5, 5.41) is 8.89. The summed E-state index contributed by atoms with van der Waals surface area (Å²) < 4.78 is 50.1. The molecule has 0 bridgehead atoms. The molecule has 0 atom stereocenters. The maximum Gasteiger partial charge on any atom is 0.478 e. The number of alkyl halides is 3. The van der Waals surface area contributed by atoms with Gasteiger partial charge in [-0.3, -0.25) is 4.79 Å². The van der Waals surface area contributed by atoms with Gasteiger partial charge in [-0.15, -0.1) is 0 Å². The fourth-order valence-electron chi connectivity index (χ4n) is 2.61. The highest BCUT2D eigenvalue weighted by molar-refractivity contribution is 7.93. The van der Waals surface area contributed by atoms with Crippen molar-refractivity contribution in [2.45, 2.75) is 44.4 Å². The number of aromatic amines is 1. The van der Waals surface area contributed by atoms with Crippen LogP contribution in [0.4, 0.5) is 13.2 Å². The average Bonchev–Trinajstić information content (AvgIpc) is 3.34. The molecule has 172 valence electrons. The molecule has 1 aromatic heterocycles. The number of aliphatic hydroxyl groups is 1. The van der Waals surface area contributed by atoms with Gasteiger partial charge < -0.3 is 19.3 Å². The normalized spacial score (nSPS) is 12.9. The Morgan fingerprint density at radius 1 is 1.16 bits per heavy atom. The molecule has 1 aliphatic rings. The van der Waals surface area contributed by atoms with Crippen LogP contribution < -0.4 is 9.72 Å². The lowest BCUT2D eigenvalue weighted by atomic mass is 10.2. The van der Waals surface area contributed by atoms with E-state index in [0.29, 0.717) is 5.75 Å². The van der Waals surface area contributed by atoms with E-state index in [9.17, 15) is 18.0 Å². The zero-order valence-corrected chi connectivity index (χ0v) is 18.3. The summed E-state index contributed by atoms with van der Waals surface area (Å²) >= 11 is 0.0710. The number of carbonyl (C=O) groups is 1. The van der Waals surface area contributed by atoms with Gasteiger partial charge in [-0.1, -0.05) is 26.0 Å². The van der Waals surface area contributed by atoms with E-state index < -0.39 is 11.9 Å². The lowest BCUT2D eigenvalue weighted by Gasteiger charge is -2.15. The van der Waals surface area contributed by atoms with Crippen LogP contribution in [-0.2, 0) is 17.6 Å². The Bertz CT molecular complexity index is 783. The van der Waals surface area contributed by atoms with Crippen molar-refractivity contribution in [2.24, 2.45) is 0 Å². The van der Waals surface area contributed by atoms with E-state index in [1.165, 1.54) is 12.1 Å². The number of amides is 1. The van der Waals surface area contributed by atoms with Crippen LogP contribution in [0.2, 0.25) is 0 Å². The first-order valence-corrected chi connectivity index (χ1v) is 10.6. The highest BCUT2D eigenvalue weighted by Crippen LogP contribution is 2.31. The van der Waals surface area contributed by atoms with E-state index >= 15 is 0 Å². The molecule has 10 heteroatoms. The van der Waals surface area contributed by atoms with Crippen molar-refractivity contribution in [1.29, 1.82) is 0 Å². The van der Waals surface area contributed by atoms with E-state index in [4.69, 9.17) is 14.4 Å². The molecule has 0 spiro atoms. The van der Waals surface area contributed by atoms with Gasteiger partial charge in [0.15, 0.2) is 12.8 Å². The van der Waals surface area contributed by atoms with Crippen molar-refractivity contribution < 1.29 is 37.3 Å². The molecule has 6 nitrogen and oxygen atoms in total. The van der Waals surface area contributed by atoms with Crippen molar-refractivity contribution in [3.05, 3.63) is 53.9 Å². The van der Waals surface area contributed by atoms with Crippen LogP contribution in [-0.4, -0.2) is 40.2 Å². The second kappa shape index (κ2) is 13.9. The van der Waals surface area contributed by atoms with Crippen LogP contribution in [0.15, 0.2) is 47.5 Å². The number of carbonyl (C=O) groups excluding carboxylic acids is 1. The fourth-order valence-corrected chi connectivity index (χ4v) is 3.02. The molecule has 2 heterocycles. The first-order valence-electron chi connectivity index (χ1n) is 9.85. The van der Waals surface area contributed by atoms with Gasteiger partial charge in [-0.05, 0) is 36.6 Å². The van der Waals surface area contributed by atoms with Crippen molar-refractivity contribution >= 4 is 17.9 Å². The summed E-state index contributed by atoms with van der Waals surface area (Å²) in [6, 6.07) is 9.68. The average molecular weight is 462 g/mol. The Kier molecular flexibility index (Phi) is 12.0. The molecule has 1 fully saturated rings. The predicted molar refractivity (Wildman–Crippen MR) is 112 cm³/mol. The molecule has 0 radical (unpaired) electrons. The summed E-state index contributed by atoms with van der Waals surface area (Å²) in [6.07, 6.45) is -1.11. The largest absolute Gasteiger partial charge is 0.484 e. The Morgan fingerprint density at radius 3 is 2.26 bits per heavy atom. The molecule has 31 heavy (non-hydrogen) atoms. The Morgan fingerprint density at radius 2 is 1.77 bits per heavy atom. The lowest BCUT2D eigenvalue weighted by Crippen LogP contribution is -2.32. The number of likely N-dealkylation sites (tertiary alicyclic amines) is 1. The van der Waals surface area contributed by atoms with Crippen LogP contribution >= 0.6 is 12.0 Å². The number of hydrogen-bond donors (Lipinski definition) is 2. The molecule has 0 aliphatic carbocycles. The molecule has 1 aromatic carbocycles. The Hall–Kier alpha value is -2.30. The highest BCUT2D eigenvalue weighted by atomic mass is 32.2. The molecule has 2 aromatic rings. The topological polar surface area (TPSA) is 84.1 Å². The maximum atomic E-state index is 12.1. The van der Waals surface area contributed by atoms with Gasteiger partial charge in [0.2, 0.25) is 0 Å². The van der Waals surface area contributed by atoms with E-state index in [1.54, 1.807) is 24.3 Å². The third kappa shape index (κ3) is 9.16. The van der Waals surface area contributed by atoms with Gasteiger partial charge in [0.25, 0.3) is 5.91 Å². The van der Waals surface area contributed by atoms with Crippen LogP contribution in [0.1, 0.15) is 37.9 Å². The van der Waals surface area contributed by atoms with Gasteiger partial charge in [0, 0.05) is 31.2 Å². The van der Waals surface area contributed by atoms with Crippen LogP contribution in [0.25, 0.3) is 0 Å². The SMILES string of the molecule is CC.O=C(COc1ccc(CO)cc1)N1CCCC1.OSc1ccc[nH+]c1C(F)(F)F. The molecule has 3 rings (SSSR count). The number of pyridine rings is 1. The van der Waals surface area contributed by atoms with Gasteiger partial charge in [-0.25, -0.2) is 4.98 Å². The van der Waals surface area contributed by atoms with E-state index in [0.717, 1.165) is 37.7 Å².